The van der Waals surface area contributed by atoms with Gasteiger partial charge in [0.1, 0.15) is 6.10 Å². The molecule has 0 aromatic rings. The smallest absolute Gasteiger partial charge is 0.220 e. The summed E-state index contributed by atoms with van der Waals surface area (Å²) in [7, 11) is 0. The predicted molar refractivity (Wildman–Crippen MR) is 172 cm³/mol. The van der Waals surface area contributed by atoms with Gasteiger partial charge in [0.05, 0.1) is 18.8 Å². The van der Waals surface area contributed by atoms with Gasteiger partial charge in [-0.3, -0.25) is 4.79 Å². The molecule has 0 spiro atoms. The maximum absolute atomic E-state index is 12.3. The van der Waals surface area contributed by atoms with Crippen LogP contribution >= 0.6 is 0 Å². The SMILES string of the molecule is CCCCCCCCCCCCCCCCC(=O)N[C@@H](CO)[C@H](O)[C@H](O)CCCCCCCCCCCCCC. The lowest BCUT2D eigenvalue weighted by Gasteiger charge is -2.26. The highest BCUT2D eigenvalue weighted by Gasteiger charge is 2.26. The number of carbonyl (C=O) groups excluding carboxylic acids is 1. The molecule has 0 fully saturated rings. The van der Waals surface area contributed by atoms with Crippen LogP contribution in [0.1, 0.15) is 194 Å². The minimum Gasteiger partial charge on any atom is -0.394 e. The molecule has 0 heterocycles. The normalized spacial score (nSPS) is 13.8. The summed E-state index contributed by atoms with van der Waals surface area (Å²) in [6.45, 7) is 4.16. The van der Waals surface area contributed by atoms with E-state index in [0.717, 1.165) is 38.5 Å². The van der Waals surface area contributed by atoms with Gasteiger partial charge < -0.3 is 20.6 Å². The van der Waals surface area contributed by atoms with Gasteiger partial charge in [0, 0.05) is 6.42 Å². The van der Waals surface area contributed by atoms with Crippen LogP contribution in [-0.2, 0) is 4.79 Å². The molecule has 0 aromatic heterocycles. The van der Waals surface area contributed by atoms with Crippen molar-refractivity contribution < 1.29 is 20.1 Å². The molecular weight excluding hydrogens is 498 g/mol. The zero-order valence-corrected chi connectivity index (χ0v) is 27.0. The van der Waals surface area contributed by atoms with E-state index in [1.807, 2.05) is 0 Å². The second-order valence-electron chi connectivity index (χ2n) is 12.4. The van der Waals surface area contributed by atoms with Crippen LogP contribution < -0.4 is 5.32 Å². The van der Waals surface area contributed by atoms with Gasteiger partial charge in [-0.15, -0.1) is 0 Å². The van der Waals surface area contributed by atoms with E-state index in [1.165, 1.54) is 128 Å². The number of nitrogens with one attached hydrogen (secondary N) is 1. The van der Waals surface area contributed by atoms with E-state index in [1.54, 1.807) is 0 Å². The van der Waals surface area contributed by atoms with E-state index in [0.29, 0.717) is 12.8 Å². The third-order valence-corrected chi connectivity index (χ3v) is 8.46. The molecule has 1 amide bonds. The Morgan fingerprint density at radius 2 is 0.850 bits per heavy atom. The number of aliphatic hydroxyl groups is 3. The van der Waals surface area contributed by atoms with Crippen LogP contribution in [0.5, 0.6) is 0 Å². The number of amides is 1. The molecule has 5 heteroatoms. The fourth-order valence-electron chi connectivity index (χ4n) is 5.63. The lowest BCUT2D eigenvalue weighted by atomic mass is 9.99. The monoisotopic (exact) mass is 570 g/mol. The highest BCUT2D eigenvalue weighted by atomic mass is 16.3. The van der Waals surface area contributed by atoms with Gasteiger partial charge in [-0.1, -0.05) is 174 Å². The Hall–Kier alpha value is -0.650. The second-order valence-corrected chi connectivity index (χ2v) is 12.4. The van der Waals surface area contributed by atoms with E-state index < -0.39 is 18.2 Å². The first-order valence-corrected chi connectivity index (χ1v) is 17.8. The quantitative estimate of drug-likeness (QED) is 0.0608. The molecule has 0 saturated carbocycles. The van der Waals surface area contributed by atoms with E-state index >= 15 is 0 Å². The molecule has 5 nitrogen and oxygen atoms in total. The Morgan fingerprint density at radius 1 is 0.525 bits per heavy atom. The van der Waals surface area contributed by atoms with Crippen molar-refractivity contribution in [2.45, 2.75) is 212 Å². The lowest BCUT2D eigenvalue weighted by molar-refractivity contribution is -0.124. The van der Waals surface area contributed by atoms with Gasteiger partial charge in [0.25, 0.3) is 0 Å². The minimum atomic E-state index is -1.13. The molecule has 0 rings (SSSR count). The summed E-state index contributed by atoms with van der Waals surface area (Å²) < 4.78 is 0. The van der Waals surface area contributed by atoms with Crippen molar-refractivity contribution in [3.05, 3.63) is 0 Å². The average Bonchev–Trinajstić information content (AvgIpc) is 2.96. The van der Waals surface area contributed by atoms with Crippen molar-refractivity contribution in [3.8, 4) is 0 Å². The first kappa shape index (κ1) is 39.4. The summed E-state index contributed by atoms with van der Waals surface area (Å²) in [6, 6.07) is -0.800. The molecule has 240 valence electrons. The molecule has 0 aliphatic heterocycles. The maximum atomic E-state index is 12.3. The second kappa shape index (κ2) is 31.3. The zero-order chi connectivity index (χ0) is 29.5. The van der Waals surface area contributed by atoms with E-state index in [4.69, 9.17) is 0 Å². The summed E-state index contributed by atoms with van der Waals surface area (Å²) in [4.78, 5) is 12.3. The molecule has 0 bridgehead atoms. The first-order chi connectivity index (χ1) is 19.6. The van der Waals surface area contributed by atoms with Crippen molar-refractivity contribution in [3.63, 3.8) is 0 Å². The molecule has 3 atom stereocenters. The summed E-state index contributed by atoms with van der Waals surface area (Å²) >= 11 is 0. The van der Waals surface area contributed by atoms with Crippen LogP contribution in [0.4, 0.5) is 0 Å². The number of rotatable bonds is 32. The largest absolute Gasteiger partial charge is 0.394 e. The molecular formula is C35H71NO4. The summed E-state index contributed by atoms with van der Waals surface area (Å²) in [5.74, 6) is -0.144. The van der Waals surface area contributed by atoms with Crippen molar-refractivity contribution in [2.75, 3.05) is 6.61 Å². The Kier molecular flexibility index (Phi) is 30.8. The van der Waals surface area contributed by atoms with E-state index in [-0.39, 0.29) is 12.5 Å². The van der Waals surface area contributed by atoms with Crippen molar-refractivity contribution in [1.82, 2.24) is 5.32 Å². The van der Waals surface area contributed by atoms with Gasteiger partial charge in [0.15, 0.2) is 0 Å². The summed E-state index contributed by atoms with van der Waals surface area (Å²) in [5, 5.41) is 33.3. The van der Waals surface area contributed by atoms with Crippen LogP contribution in [-0.4, -0.2) is 46.1 Å². The highest BCUT2D eigenvalue weighted by Crippen LogP contribution is 2.16. The van der Waals surface area contributed by atoms with Gasteiger partial charge in [-0.2, -0.15) is 0 Å². The molecule has 4 N–H and O–H groups in total. The van der Waals surface area contributed by atoms with E-state index in [9.17, 15) is 20.1 Å². The summed E-state index contributed by atoms with van der Waals surface area (Å²) in [5.41, 5.74) is 0. The van der Waals surface area contributed by atoms with Gasteiger partial charge in [-0.25, -0.2) is 0 Å². The fourth-order valence-corrected chi connectivity index (χ4v) is 5.63. The van der Waals surface area contributed by atoms with Crippen molar-refractivity contribution in [1.29, 1.82) is 0 Å². The van der Waals surface area contributed by atoms with Crippen molar-refractivity contribution >= 4 is 5.91 Å². The molecule has 0 saturated heterocycles. The van der Waals surface area contributed by atoms with Crippen LogP contribution in [0.3, 0.4) is 0 Å². The fraction of sp³-hybridized carbons (Fsp3) is 0.971. The Bertz CT molecular complexity index is 516. The predicted octanol–water partition coefficient (Wildman–Crippen LogP) is 9.15. The van der Waals surface area contributed by atoms with Crippen molar-refractivity contribution in [2.24, 2.45) is 0 Å². The number of hydrogen-bond donors (Lipinski definition) is 4. The standard InChI is InChI=1S/C35H71NO4/c1-3-5-7-9-11-13-15-17-18-20-22-24-26-28-30-34(39)36-32(31-37)35(40)33(38)29-27-25-23-21-19-16-14-12-10-8-6-4-2/h32-33,35,37-38,40H,3-31H2,1-2H3,(H,36,39)/t32-,33+,35-/m0/s1. The first-order valence-electron chi connectivity index (χ1n) is 17.8. The molecule has 0 aliphatic rings. The third-order valence-electron chi connectivity index (χ3n) is 8.46. The minimum absolute atomic E-state index is 0.144. The summed E-state index contributed by atoms with van der Waals surface area (Å²) in [6.07, 6.45) is 31.9. The highest BCUT2D eigenvalue weighted by molar-refractivity contribution is 5.76. The molecule has 40 heavy (non-hydrogen) atoms. The topological polar surface area (TPSA) is 89.8 Å². The number of aliphatic hydroxyl groups excluding tert-OH is 3. The molecule has 0 aliphatic carbocycles. The molecule has 0 unspecified atom stereocenters. The van der Waals surface area contributed by atoms with Gasteiger partial charge in [-0.05, 0) is 12.8 Å². The van der Waals surface area contributed by atoms with Gasteiger partial charge in [0.2, 0.25) is 5.91 Å². The van der Waals surface area contributed by atoms with Gasteiger partial charge >= 0.3 is 0 Å². The Morgan fingerprint density at radius 3 is 1.20 bits per heavy atom. The van der Waals surface area contributed by atoms with Crippen LogP contribution in [0.2, 0.25) is 0 Å². The van der Waals surface area contributed by atoms with E-state index in [2.05, 4.69) is 19.2 Å². The number of carbonyl (C=O) groups is 1. The third kappa shape index (κ3) is 26.3. The molecule has 0 aromatic carbocycles. The number of hydrogen-bond acceptors (Lipinski definition) is 4. The average molecular weight is 570 g/mol. The van der Waals surface area contributed by atoms with Crippen LogP contribution in [0.15, 0.2) is 0 Å². The molecule has 0 radical (unpaired) electrons. The van der Waals surface area contributed by atoms with Crippen LogP contribution in [0.25, 0.3) is 0 Å². The lowest BCUT2D eigenvalue weighted by Crippen LogP contribution is -2.50. The zero-order valence-electron chi connectivity index (χ0n) is 27.0. The van der Waals surface area contributed by atoms with Crippen LogP contribution in [0, 0.1) is 0 Å². The number of unbranched alkanes of at least 4 members (excludes halogenated alkanes) is 24. The Labute approximate surface area is 249 Å². The maximum Gasteiger partial charge on any atom is 0.220 e. The Balaban J connectivity index is 3.68.